The standard InChI is InChI=1S/C15H28N2O/c1-3-15(6-8-16-9-7-15)14(18)17-11-13-5-4-12(2)10-13/h12-13,16H,3-11H2,1-2H3,(H,17,18). The maximum absolute atomic E-state index is 12.5. The van der Waals surface area contributed by atoms with Crippen LogP contribution in [0.25, 0.3) is 0 Å². The Kier molecular flexibility index (Phi) is 4.66. The lowest BCUT2D eigenvalue weighted by Gasteiger charge is -2.35. The molecule has 1 amide bonds. The fraction of sp³-hybridized carbons (Fsp3) is 0.933. The van der Waals surface area contributed by atoms with Gasteiger partial charge in [0.15, 0.2) is 0 Å². The minimum atomic E-state index is -0.0878. The van der Waals surface area contributed by atoms with E-state index in [1.807, 2.05) is 0 Å². The van der Waals surface area contributed by atoms with E-state index in [0.29, 0.717) is 5.91 Å². The van der Waals surface area contributed by atoms with Crippen LogP contribution in [0.2, 0.25) is 0 Å². The van der Waals surface area contributed by atoms with Crippen LogP contribution in [0.3, 0.4) is 0 Å². The smallest absolute Gasteiger partial charge is 0.226 e. The lowest BCUT2D eigenvalue weighted by molar-refractivity contribution is -0.133. The van der Waals surface area contributed by atoms with Crippen LogP contribution < -0.4 is 10.6 Å². The maximum Gasteiger partial charge on any atom is 0.226 e. The summed E-state index contributed by atoms with van der Waals surface area (Å²) in [4.78, 5) is 12.5. The zero-order valence-electron chi connectivity index (χ0n) is 11.9. The first kappa shape index (κ1) is 13.9. The van der Waals surface area contributed by atoms with Gasteiger partial charge in [0.25, 0.3) is 0 Å². The fourth-order valence-electron chi connectivity index (χ4n) is 3.58. The molecule has 1 heterocycles. The molecular formula is C15H28N2O. The number of carbonyl (C=O) groups excluding carboxylic acids is 1. The second kappa shape index (κ2) is 6.05. The maximum atomic E-state index is 12.5. The van der Waals surface area contributed by atoms with Gasteiger partial charge in [-0.25, -0.2) is 0 Å². The van der Waals surface area contributed by atoms with Crippen molar-refractivity contribution in [3.05, 3.63) is 0 Å². The van der Waals surface area contributed by atoms with E-state index in [9.17, 15) is 4.79 Å². The van der Waals surface area contributed by atoms with Crippen LogP contribution >= 0.6 is 0 Å². The second-order valence-corrected chi connectivity index (χ2v) is 6.38. The van der Waals surface area contributed by atoms with Gasteiger partial charge in [-0.1, -0.05) is 20.3 Å². The number of nitrogens with one attached hydrogen (secondary N) is 2. The van der Waals surface area contributed by atoms with Gasteiger partial charge in [0.05, 0.1) is 5.41 Å². The molecule has 0 aromatic rings. The van der Waals surface area contributed by atoms with Gasteiger partial charge in [-0.15, -0.1) is 0 Å². The van der Waals surface area contributed by atoms with Crippen LogP contribution in [-0.4, -0.2) is 25.5 Å². The highest BCUT2D eigenvalue weighted by atomic mass is 16.2. The summed E-state index contributed by atoms with van der Waals surface area (Å²) in [5.74, 6) is 1.89. The Morgan fingerprint density at radius 2 is 2.06 bits per heavy atom. The fourth-order valence-corrected chi connectivity index (χ4v) is 3.58. The summed E-state index contributed by atoms with van der Waals surface area (Å²) < 4.78 is 0. The normalized spacial score (nSPS) is 31.2. The third-order valence-electron chi connectivity index (χ3n) is 5.07. The van der Waals surface area contributed by atoms with Crippen LogP contribution in [0.15, 0.2) is 0 Å². The molecule has 2 N–H and O–H groups in total. The molecule has 3 heteroatoms. The van der Waals surface area contributed by atoms with E-state index >= 15 is 0 Å². The summed E-state index contributed by atoms with van der Waals surface area (Å²) in [7, 11) is 0. The van der Waals surface area contributed by atoms with Gasteiger partial charge in [0.2, 0.25) is 5.91 Å². The highest BCUT2D eigenvalue weighted by molar-refractivity contribution is 5.82. The summed E-state index contributed by atoms with van der Waals surface area (Å²) in [5.41, 5.74) is -0.0878. The predicted molar refractivity (Wildman–Crippen MR) is 74.3 cm³/mol. The average Bonchev–Trinajstić information content (AvgIpc) is 2.82. The van der Waals surface area contributed by atoms with Gasteiger partial charge in [-0.2, -0.15) is 0 Å². The molecule has 0 spiro atoms. The molecule has 3 nitrogen and oxygen atoms in total. The molecule has 1 aliphatic heterocycles. The minimum absolute atomic E-state index is 0.0878. The van der Waals surface area contributed by atoms with E-state index in [-0.39, 0.29) is 5.41 Å². The second-order valence-electron chi connectivity index (χ2n) is 6.38. The number of hydrogen-bond donors (Lipinski definition) is 2. The minimum Gasteiger partial charge on any atom is -0.355 e. The van der Waals surface area contributed by atoms with E-state index in [2.05, 4.69) is 24.5 Å². The van der Waals surface area contributed by atoms with Gasteiger partial charge >= 0.3 is 0 Å². The summed E-state index contributed by atoms with van der Waals surface area (Å²) in [5, 5.41) is 6.59. The molecule has 2 atom stereocenters. The average molecular weight is 252 g/mol. The lowest BCUT2D eigenvalue weighted by atomic mass is 9.76. The van der Waals surface area contributed by atoms with Crippen molar-refractivity contribution in [3.63, 3.8) is 0 Å². The first-order valence-electron chi connectivity index (χ1n) is 7.65. The Morgan fingerprint density at radius 1 is 1.33 bits per heavy atom. The lowest BCUT2D eigenvalue weighted by Crippen LogP contribution is -2.48. The number of carbonyl (C=O) groups is 1. The molecule has 104 valence electrons. The van der Waals surface area contributed by atoms with Crippen LogP contribution in [0.5, 0.6) is 0 Å². The van der Waals surface area contributed by atoms with E-state index < -0.39 is 0 Å². The SMILES string of the molecule is CCC1(C(=O)NCC2CCC(C)C2)CCNCC1. The van der Waals surface area contributed by atoms with Crippen molar-refractivity contribution in [2.24, 2.45) is 17.3 Å². The monoisotopic (exact) mass is 252 g/mol. The molecule has 1 saturated carbocycles. The van der Waals surface area contributed by atoms with Crippen molar-refractivity contribution < 1.29 is 4.79 Å². The van der Waals surface area contributed by atoms with Crippen LogP contribution in [0.1, 0.15) is 52.4 Å². The molecule has 2 aliphatic rings. The van der Waals surface area contributed by atoms with Crippen molar-refractivity contribution in [3.8, 4) is 0 Å². The summed E-state index contributed by atoms with van der Waals surface area (Å²) in [6.07, 6.45) is 6.89. The third kappa shape index (κ3) is 3.05. The Labute approximate surface area is 111 Å². The Balaban J connectivity index is 1.82. The molecule has 1 saturated heterocycles. The van der Waals surface area contributed by atoms with Gasteiger partial charge in [0.1, 0.15) is 0 Å². The molecule has 0 aromatic carbocycles. The van der Waals surface area contributed by atoms with Crippen LogP contribution in [-0.2, 0) is 4.79 Å². The van der Waals surface area contributed by atoms with E-state index in [4.69, 9.17) is 0 Å². The quantitative estimate of drug-likeness (QED) is 0.806. The molecule has 2 unspecified atom stereocenters. The zero-order chi connectivity index (χ0) is 13.0. The molecule has 0 aromatic heterocycles. The van der Waals surface area contributed by atoms with Gasteiger partial charge in [0, 0.05) is 6.54 Å². The van der Waals surface area contributed by atoms with E-state index in [1.54, 1.807) is 0 Å². The molecule has 18 heavy (non-hydrogen) atoms. The van der Waals surface area contributed by atoms with Gasteiger partial charge in [-0.3, -0.25) is 4.79 Å². The van der Waals surface area contributed by atoms with Crippen LogP contribution in [0, 0.1) is 17.3 Å². The third-order valence-corrected chi connectivity index (χ3v) is 5.07. The highest BCUT2D eigenvalue weighted by Gasteiger charge is 2.37. The number of piperidine rings is 1. The Bertz CT molecular complexity index is 284. The topological polar surface area (TPSA) is 41.1 Å². The van der Waals surface area contributed by atoms with Crippen molar-refractivity contribution in [1.29, 1.82) is 0 Å². The molecule has 2 rings (SSSR count). The Morgan fingerprint density at radius 3 is 2.61 bits per heavy atom. The summed E-state index contributed by atoms with van der Waals surface area (Å²) >= 11 is 0. The summed E-state index contributed by atoms with van der Waals surface area (Å²) in [6, 6.07) is 0. The number of amides is 1. The number of rotatable bonds is 4. The van der Waals surface area contributed by atoms with Crippen LogP contribution in [0.4, 0.5) is 0 Å². The highest BCUT2D eigenvalue weighted by Crippen LogP contribution is 2.33. The molecule has 0 bridgehead atoms. The first-order chi connectivity index (χ1) is 8.66. The molecule has 2 fully saturated rings. The van der Waals surface area contributed by atoms with E-state index in [1.165, 1.54) is 19.3 Å². The number of hydrogen-bond acceptors (Lipinski definition) is 2. The van der Waals surface area contributed by atoms with Crippen molar-refractivity contribution >= 4 is 5.91 Å². The summed E-state index contributed by atoms with van der Waals surface area (Å²) in [6.45, 7) is 7.35. The first-order valence-corrected chi connectivity index (χ1v) is 7.65. The van der Waals surface area contributed by atoms with E-state index in [0.717, 1.165) is 50.7 Å². The van der Waals surface area contributed by atoms with Crippen molar-refractivity contribution in [2.45, 2.75) is 52.4 Å². The predicted octanol–water partition coefficient (Wildman–Crippen LogP) is 2.32. The molecular weight excluding hydrogens is 224 g/mol. The van der Waals surface area contributed by atoms with Crippen molar-refractivity contribution in [1.82, 2.24) is 10.6 Å². The van der Waals surface area contributed by atoms with Gasteiger partial charge in [-0.05, 0) is 57.0 Å². The largest absolute Gasteiger partial charge is 0.355 e. The van der Waals surface area contributed by atoms with Crippen molar-refractivity contribution in [2.75, 3.05) is 19.6 Å². The molecule has 0 radical (unpaired) electrons. The molecule has 1 aliphatic carbocycles. The van der Waals surface area contributed by atoms with Gasteiger partial charge < -0.3 is 10.6 Å². The Hall–Kier alpha value is -0.570. The zero-order valence-corrected chi connectivity index (χ0v) is 11.9.